The molecule has 2 saturated heterocycles. The molecule has 0 aliphatic carbocycles. The smallest absolute Gasteiger partial charge is 0.227 e. The number of thiophene rings is 1. The number of nitrogens with zero attached hydrogens (tertiary/aromatic N) is 1. The molecular weight excluding hydrogens is 324 g/mol. The molecule has 2 fully saturated rings. The van der Waals surface area contributed by atoms with Gasteiger partial charge in [-0.05, 0) is 49.1 Å². The Kier molecular flexibility index (Phi) is 5.25. The second-order valence-electron chi connectivity index (χ2n) is 7.27. The zero-order chi connectivity index (χ0) is 17.2. The summed E-state index contributed by atoms with van der Waals surface area (Å²) in [5.41, 5.74) is 0.933. The number of hydrogen-bond acceptors (Lipinski definition) is 4. The van der Waals surface area contributed by atoms with E-state index in [0.29, 0.717) is 32.7 Å². The highest BCUT2D eigenvalue weighted by Gasteiger charge is 2.51. The van der Waals surface area contributed by atoms with Crippen LogP contribution in [-0.2, 0) is 20.7 Å². The topological polar surface area (TPSA) is 58.6 Å². The van der Waals surface area contributed by atoms with Gasteiger partial charge in [0.25, 0.3) is 0 Å². The summed E-state index contributed by atoms with van der Waals surface area (Å²) in [4.78, 5) is 27.3. The van der Waals surface area contributed by atoms with Crippen molar-refractivity contribution >= 4 is 23.2 Å². The average Bonchev–Trinajstić information content (AvgIpc) is 3.16. The van der Waals surface area contributed by atoms with Crippen LogP contribution in [0.5, 0.6) is 0 Å². The van der Waals surface area contributed by atoms with Crippen LogP contribution in [0, 0.1) is 11.3 Å². The molecule has 0 aromatic carbocycles. The lowest BCUT2D eigenvalue weighted by Gasteiger charge is -2.37. The van der Waals surface area contributed by atoms with E-state index in [-0.39, 0.29) is 29.2 Å². The summed E-state index contributed by atoms with van der Waals surface area (Å²) < 4.78 is 5.51. The largest absolute Gasteiger partial charge is 0.381 e. The van der Waals surface area contributed by atoms with Gasteiger partial charge in [-0.1, -0.05) is 0 Å². The van der Waals surface area contributed by atoms with Crippen molar-refractivity contribution in [1.29, 1.82) is 0 Å². The first kappa shape index (κ1) is 17.4. The molecule has 1 atom stereocenters. The molecular formula is C18H26N2O3S. The third-order valence-corrected chi connectivity index (χ3v) is 5.90. The van der Waals surface area contributed by atoms with Crippen molar-refractivity contribution in [3.05, 3.63) is 22.4 Å². The van der Waals surface area contributed by atoms with Gasteiger partial charge in [-0.3, -0.25) is 9.59 Å². The zero-order valence-electron chi connectivity index (χ0n) is 14.4. The second kappa shape index (κ2) is 7.23. The maximum absolute atomic E-state index is 12.7. The van der Waals surface area contributed by atoms with Crippen molar-refractivity contribution in [2.75, 3.05) is 26.3 Å². The van der Waals surface area contributed by atoms with Gasteiger partial charge in [0, 0.05) is 37.8 Å². The first-order valence-electron chi connectivity index (χ1n) is 8.67. The zero-order valence-corrected chi connectivity index (χ0v) is 15.2. The van der Waals surface area contributed by atoms with Crippen LogP contribution in [-0.4, -0.2) is 49.1 Å². The van der Waals surface area contributed by atoms with Crippen molar-refractivity contribution in [2.24, 2.45) is 11.3 Å². The minimum atomic E-state index is -0.129. The lowest BCUT2D eigenvalue weighted by Crippen LogP contribution is -2.46. The van der Waals surface area contributed by atoms with Crippen LogP contribution in [0.4, 0.5) is 0 Å². The molecule has 1 N–H and O–H groups in total. The first-order chi connectivity index (χ1) is 11.5. The Bertz CT molecular complexity index is 579. The summed E-state index contributed by atoms with van der Waals surface area (Å²) in [5, 5.41) is 7.05. The molecule has 0 radical (unpaired) electrons. The maximum atomic E-state index is 12.7. The van der Waals surface area contributed by atoms with Gasteiger partial charge in [0.1, 0.15) is 0 Å². The molecule has 0 bridgehead atoms. The van der Waals surface area contributed by atoms with Crippen LogP contribution in [0.2, 0.25) is 0 Å². The molecule has 0 saturated carbocycles. The molecule has 1 aromatic heterocycles. The minimum absolute atomic E-state index is 0.0812. The van der Waals surface area contributed by atoms with E-state index in [0.717, 1.165) is 18.4 Å². The van der Waals surface area contributed by atoms with E-state index in [9.17, 15) is 9.59 Å². The molecule has 2 aliphatic heterocycles. The van der Waals surface area contributed by atoms with Crippen molar-refractivity contribution < 1.29 is 14.3 Å². The number of nitrogens with one attached hydrogen (secondary N) is 1. The number of rotatable bonds is 4. The highest BCUT2D eigenvalue weighted by atomic mass is 32.1. The summed E-state index contributed by atoms with van der Waals surface area (Å²) in [6, 6.07) is 2.11. The Hall–Kier alpha value is -1.40. The molecule has 1 spiro atoms. The van der Waals surface area contributed by atoms with E-state index in [1.54, 1.807) is 11.3 Å². The number of amides is 2. The van der Waals surface area contributed by atoms with Gasteiger partial charge in [-0.15, -0.1) is 0 Å². The van der Waals surface area contributed by atoms with E-state index >= 15 is 0 Å². The highest BCUT2D eigenvalue weighted by molar-refractivity contribution is 7.08. The van der Waals surface area contributed by atoms with E-state index < -0.39 is 0 Å². The number of carbonyl (C=O) groups excluding carboxylic acids is 2. The Morgan fingerprint density at radius 3 is 2.79 bits per heavy atom. The Morgan fingerprint density at radius 2 is 2.17 bits per heavy atom. The molecule has 2 aliphatic rings. The normalized spacial score (nSPS) is 23.0. The van der Waals surface area contributed by atoms with Crippen LogP contribution in [0.1, 0.15) is 32.3 Å². The first-order valence-corrected chi connectivity index (χ1v) is 9.61. The Balaban J connectivity index is 1.74. The number of carbonyl (C=O) groups is 2. The van der Waals surface area contributed by atoms with E-state index in [1.807, 2.05) is 35.6 Å². The summed E-state index contributed by atoms with van der Waals surface area (Å²) in [7, 11) is 0. The molecule has 3 rings (SSSR count). The fraction of sp³-hybridized carbons (Fsp3) is 0.667. The third kappa shape index (κ3) is 3.64. The summed E-state index contributed by atoms with van der Waals surface area (Å²) in [6.07, 6.45) is 2.13. The highest BCUT2D eigenvalue weighted by Crippen LogP contribution is 2.44. The summed E-state index contributed by atoms with van der Waals surface area (Å²) >= 11 is 1.61. The molecule has 1 unspecified atom stereocenters. The van der Waals surface area contributed by atoms with Gasteiger partial charge >= 0.3 is 0 Å². The van der Waals surface area contributed by atoms with Crippen molar-refractivity contribution in [3.8, 4) is 0 Å². The Labute approximate surface area is 147 Å². The molecule has 3 heterocycles. The second-order valence-corrected chi connectivity index (χ2v) is 8.05. The van der Waals surface area contributed by atoms with E-state index in [1.165, 1.54) is 0 Å². The number of likely N-dealkylation sites (tertiary alicyclic amines) is 1. The standard InChI is InChI=1S/C18H26N2O3S/c1-13(2)19-17(22)15-10-20(12-18(15)4-6-23-7-5-18)16(21)9-14-3-8-24-11-14/h3,8,11,13,15H,4-7,9-10,12H2,1-2H3,(H,19,22). The quantitative estimate of drug-likeness (QED) is 0.904. The SMILES string of the molecule is CC(C)NC(=O)C1CN(C(=O)Cc2ccsc2)CC12CCOCC2. The van der Waals surface area contributed by atoms with Gasteiger partial charge in [0.15, 0.2) is 0 Å². The van der Waals surface area contributed by atoms with Crippen LogP contribution >= 0.6 is 11.3 Å². The van der Waals surface area contributed by atoms with Gasteiger partial charge in [0.05, 0.1) is 12.3 Å². The summed E-state index contributed by atoms with van der Waals surface area (Å²) in [6.45, 7) is 6.51. The molecule has 5 nitrogen and oxygen atoms in total. The fourth-order valence-electron chi connectivity index (χ4n) is 3.87. The van der Waals surface area contributed by atoms with Gasteiger partial charge in [-0.2, -0.15) is 11.3 Å². The van der Waals surface area contributed by atoms with Crippen LogP contribution < -0.4 is 5.32 Å². The molecule has 2 amide bonds. The maximum Gasteiger partial charge on any atom is 0.227 e. The van der Waals surface area contributed by atoms with Crippen molar-refractivity contribution in [2.45, 2.75) is 39.2 Å². The molecule has 1 aromatic rings. The van der Waals surface area contributed by atoms with Crippen LogP contribution in [0.25, 0.3) is 0 Å². The van der Waals surface area contributed by atoms with Crippen molar-refractivity contribution in [3.63, 3.8) is 0 Å². The third-order valence-electron chi connectivity index (χ3n) is 5.17. The predicted molar refractivity (Wildman–Crippen MR) is 93.9 cm³/mol. The van der Waals surface area contributed by atoms with Crippen LogP contribution in [0.15, 0.2) is 16.8 Å². The number of hydrogen-bond donors (Lipinski definition) is 1. The monoisotopic (exact) mass is 350 g/mol. The molecule has 132 valence electrons. The van der Waals surface area contributed by atoms with Gasteiger partial charge < -0.3 is 15.0 Å². The van der Waals surface area contributed by atoms with E-state index in [2.05, 4.69) is 5.32 Å². The van der Waals surface area contributed by atoms with E-state index in [4.69, 9.17) is 4.74 Å². The molecule has 6 heteroatoms. The lowest BCUT2D eigenvalue weighted by molar-refractivity contribution is -0.130. The predicted octanol–water partition coefficient (Wildman–Crippen LogP) is 2.07. The number of ether oxygens (including phenoxy) is 1. The van der Waals surface area contributed by atoms with Crippen LogP contribution in [0.3, 0.4) is 0 Å². The fourth-order valence-corrected chi connectivity index (χ4v) is 4.54. The molecule has 24 heavy (non-hydrogen) atoms. The lowest BCUT2D eigenvalue weighted by atomic mass is 9.71. The van der Waals surface area contributed by atoms with Gasteiger partial charge in [0.2, 0.25) is 11.8 Å². The summed E-state index contributed by atoms with van der Waals surface area (Å²) in [5.74, 6) is 0.0760. The average molecular weight is 350 g/mol. The Morgan fingerprint density at radius 1 is 1.42 bits per heavy atom. The minimum Gasteiger partial charge on any atom is -0.381 e. The van der Waals surface area contributed by atoms with Crippen molar-refractivity contribution in [1.82, 2.24) is 10.2 Å². The van der Waals surface area contributed by atoms with Gasteiger partial charge in [-0.25, -0.2) is 0 Å².